The topological polar surface area (TPSA) is 119 Å². The molecule has 11 fully saturated rings. The molecule has 0 unspecified atom stereocenters. The number of piperazine rings is 2. The van der Waals surface area contributed by atoms with Crippen LogP contribution < -0.4 is 27.5 Å². The van der Waals surface area contributed by atoms with E-state index in [2.05, 4.69) is 68.5 Å². The highest BCUT2D eigenvalue weighted by atomic mass is 35.5. The van der Waals surface area contributed by atoms with Gasteiger partial charge in [0.1, 0.15) is 5.82 Å². The minimum absolute atomic E-state index is 0. The van der Waals surface area contributed by atoms with Crippen LogP contribution in [0.4, 0.5) is 11.6 Å². The van der Waals surface area contributed by atoms with Crippen LogP contribution in [0.5, 0.6) is 0 Å². The lowest BCUT2D eigenvalue weighted by Gasteiger charge is -2.42. The van der Waals surface area contributed by atoms with Gasteiger partial charge in [-0.15, -0.1) is 0 Å². The summed E-state index contributed by atoms with van der Waals surface area (Å²) >= 11 is 3.25. The van der Waals surface area contributed by atoms with Crippen molar-refractivity contribution >= 4 is 78.5 Å². The van der Waals surface area contributed by atoms with E-state index in [0.717, 1.165) is 95.3 Å². The third-order valence-electron chi connectivity index (χ3n) is 20.5. The first-order valence-corrected chi connectivity index (χ1v) is 29.3. The third-order valence-corrected chi connectivity index (χ3v) is 22.1. The van der Waals surface area contributed by atoms with Gasteiger partial charge in [0.2, 0.25) is 23.6 Å². The molecule has 2 aromatic carbocycles. The van der Waals surface area contributed by atoms with Gasteiger partial charge in [-0.2, -0.15) is 8.75 Å². The maximum absolute atomic E-state index is 13.3. The molecular formula is C57H77ClN8O4S2. The Labute approximate surface area is 441 Å². The van der Waals surface area contributed by atoms with E-state index in [9.17, 15) is 19.2 Å². The smallest absolute Gasteiger partial charge is 0.233 e. The highest BCUT2D eigenvalue weighted by molar-refractivity contribution is 7.14. The van der Waals surface area contributed by atoms with Gasteiger partial charge in [0.05, 0.1) is 72.3 Å². The highest BCUT2D eigenvalue weighted by Crippen LogP contribution is 2.57. The van der Waals surface area contributed by atoms with Crippen LogP contribution in [0.2, 0.25) is 0 Å². The van der Waals surface area contributed by atoms with Gasteiger partial charge < -0.3 is 26.7 Å². The lowest BCUT2D eigenvalue weighted by atomic mass is 9.78. The molecule has 6 saturated carbocycles. The molecule has 388 valence electrons. The van der Waals surface area contributed by atoms with E-state index in [4.69, 9.17) is 8.75 Å². The number of imide groups is 2. The average Bonchev–Trinajstić information content (AvgIpc) is 4.27. The zero-order valence-electron chi connectivity index (χ0n) is 41.4. The summed E-state index contributed by atoms with van der Waals surface area (Å²) in [6, 6.07) is 17.2. The maximum atomic E-state index is 13.3. The van der Waals surface area contributed by atoms with Gasteiger partial charge in [-0.3, -0.25) is 34.3 Å². The molecular weight excluding hydrogens is 960 g/mol. The number of nitrogens with zero attached hydrogens (tertiary/aromatic N) is 7. The summed E-state index contributed by atoms with van der Waals surface area (Å²) in [6.45, 7) is 13.9. The zero-order chi connectivity index (χ0) is 47.1. The van der Waals surface area contributed by atoms with Crippen LogP contribution in [-0.4, -0.2) is 125 Å². The molecule has 4 bridgehead atoms. The van der Waals surface area contributed by atoms with E-state index in [1.54, 1.807) is 28.0 Å². The molecule has 4 amide bonds. The minimum atomic E-state index is -0.00259. The highest BCUT2D eigenvalue weighted by Gasteiger charge is 2.61. The second-order valence-corrected chi connectivity index (χ2v) is 25.6. The van der Waals surface area contributed by atoms with E-state index in [0.29, 0.717) is 42.1 Å². The van der Waals surface area contributed by atoms with Gasteiger partial charge in [-0.25, -0.2) is 0 Å². The van der Waals surface area contributed by atoms with Crippen LogP contribution in [0, 0.1) is 71.0 Å². The second-order valence-electron chi connectivity index (χ2n) is 24.0. The number of hydrogen-bond donors (Lipinski definition) is 1. The normalized spacial score (nSPS) is 35.1. The monoisotopic (exact) mass is 1040 g/mol. The Balaban J connectivity index is 0.000000129. The number of amides is 4. The first-order chi connectivity index (χ1) is 34.3. The Bertz CT molecular complexity index is 2560. The largest absolute Gasteiger partial charge is 1.00 e. The summed E-state index contributed by atoms with van der Waals surface area (Å²) in [6.07, 6.45) is 17.8. The molecule has 15 rings (SSSR count). The van der Waals surface area contributed by atoms with Crippen LogP contribution in [0.3, 0.4) is 0 Å². The number of benzene rings is 2. The summed E-state index contributed by atoms with van der Waals surface area (Å²) in [5, 5.41) is 5.06. The van der Waals surface area contributed by atoms with E-state index < -0.39 is 0 Å². The number of halogens is 1. The summed E-state index contributed by atoms with van der Waals surface area (Å²) in [4.78, 5) is 58.6. The van der Waals surface area contributed by atoms with Crippen molar-refractivity contribution < 1.29 is 36.1 Å². The number of carbonyl (C=O) groups is 4. The molecule has 12 atom stereocenters. The minimum Gasteiger partial charge on any atom is -1.00 e. The van der Waals surface area contributed by atoms with Crippen LogP contribution >= 0.6 is 23.1 Å². The van der Waals surface area contributed by atoms with Gasteiger partial charge in [-0.05, 0) is 147 Å². The van der Waals surface area contributed by atoms with Crippen molar-refractivity contribution in [3.63, 3.8) is 0 Å². The van der Waals surface area contributed by atoms with Gasteiger partial charge in [0.15, 0.2) is 5.82 Å². The molecule has 1 N–H and O–H groups in total. The molecule has 11 aliphatic rings. The van der Waals surface area contributed by atoms with Gasteiger partial charge in [-0.1, -0.05) is 57.4 Å². The summed E-state index contributed by atoms with van der Waals surface area (Å²) < 4.78 is 13.5. The fourth-order valence-electron chi connectivity index (χ4n) is 17.0. The summed E-state index contributed by atoms with van der Waals surface area (Å²) in [5.41, 5.74) is 0. The number of likely N-dealkylation sites (tertiary alicyclic amines) is 1. The Morgan fingerprint density at radius 1 is 0.528 bits per heavy atom. The zero-order valence-corrected chi connectivity index (χ0v) is 43.8. The van der Waals surface area contributed by atoms with Gasteiger partial charge in [0, 0.05) is 61.9 Å². The van der Waals surface area contributed by atoms with Crippen molar-refractivity contribution in [3.05, 3.63) is 48.5 Å². The third kappa shape index (κ3) is 9.10. The van der Waals surface area contributed by atoms with E-state index in [1.807, 2.05) is 0 Å². The molecule has 72 heavy (non-hydrogen) atoms. The van der Waals surface area contributed by atoms with Crippen LogP contribution in [0.15, 0.2) is 48.5 Å². The predicted octanol–water partition coefficient (Wildman–Crippen LogP) is 5.95. The number of nitrogens with one attached hydrogen (secondary N) is 1. The molecule has 2 aromatic heterocycles. The Morgan fingerprint density at radius 3 is 1.49 bits per heavy atom. The molecule has 1 spiro atoms. The SMILES string of the molecule is C.O=C1NC(=O)[C@H]2[C@@H]3CC[C@@H](C3)[C@@H]12.O=C1[C@@H]2[C@H]3CC[C@H](C3)[C@@H]2C(=O)N1C[C@@H]1CCCC[C@@H]1CN1CCN(c2nsc3ccccc23)CC1.[Cl-].c1ccc2c(N3CC[N+]4(CC3)C[C@H]3CCCC[C@H]3C4)nsc2c1. The van der Waals surface area contributed by atoms with Crippen molar-refractivity contribution in [1.82, 2.24) is 23.9 Å². The van der Waals surface area contributed by atoms with Crippen molar-refractivity contribution in [2.45, 2.75) is 97.3 Å². The molecule has 6 aliphatic carbocycles. The molecule has 7 heterocycles. The van der Waals surface area contributed by atoms with Crippen molar-refractivity contribution in [2.75, 3.05) is 88.3 Å². The first-order valence-electron chi connectivity index (χ1n) is 27.7. The number of carbonyl (C=O) groups excluding carboxylic acids is 4. The maximum Gasteiger partial charge on any atom is 0.233 e. The van der Waals surface area contributed by atoms with Crippen LogP contribution in [0.1, 0.15) is 97.3 Å². The number of rotatable bonds is 6. The molecule has 5 aliphatic heterocycles. The molecule has 5 saturated heterocycles. The molecule has 15 heteroatoms. The van der Waals surface area contributed by atoms with E-state index in [1.165, 1.54) is 115 Å². The second kappa shape index (κ2) is 20.8. The fraction of sp³-hybridized carbons (Fsp3) is 0.684. The number of quaternary nitrogens is 1. The molecule has 4 aromatic rings. The summed E-state index contributed by atoms with van der Waals surface area (Å²) in [7, 11) is 0. The van der Waals surface area contributed by atoms with Gasteiger partial charge >= 0.3 is 0 Å². The van der Waals surface area contributed by atoms with Gasteiger partial charge in [0.25, 0.3) is 0 Å². The fourth-order valence-corrected chi connectivity index (χ4v) is 18.6. The van der Waals surface area contributed by atoms with Crippen molar-refractivity contribution in [1.29, 1.82) is 0 Å². The van der Waals surface area contributed by atoms with E-state index >= 15 is 0 Å². The lowest BCUT2D eigenvalue weighted by molar-refractivity contribution is -0.919. The number of anilines is 2. The number of fused-ring (bicyclic) bond motifs is 13. The summed E-state index contributed by atoms with van der Waals surface area (Å²) in [5.74, 6) is 8.04. The molecule has 0 radical (unpaired) electrons. The number of aromatic nitrogens is 2. The Hall–Kier alpha value is -3.69. The van der Waals surface area contributed by atoms with Crippen LogP contribution in [0.25, 0.3) is 20.2 Å². The molecule has 12 nitrogen and oxygen atoms in total. The Morgan fingerprint density at radius 2 is 0.972 bits per heavy atom. The van der Waals surface area contributed by atoms with Crippen molar-refractivity contribution in [2.24, 2.45) is 71.0 Å². The standard InChI is InChI=1S/C28H36N4O2S.C19H26N3S.C9H11NO2.CH4.ClH/c33-27-24-18-9-10-19(15-18)25(24)28(34)32(27)17-21-6-2-1-5-20(21)16-30-11-13-31(14-12-30)26-22-7-3-4-8-23(22)35-29-26;1-2-6-16-14-22(13-15(16)5-1)11-9-21(10-12-22)19-17-7-3-4-8-18(17)23-20-19;11-8-6-4-1-2-5(3-4)7(6)9(12)10-8;;/h3-4,7-8,18-21,24-25H,1-2,5-6,9-17H2;3-4,7-8,15-16H,1-2,5-6,9-14H2;4-7H,1-3H2,(H,10,11,12);1H4;1H/q;+1;;;/p-1/t18-,19+,20-,21+,24+,25-;15-,16+;4-,5+,6+,7-;;/m1..../s1. The van der Waals surface area contributed by atoms with Crippen molar-refractivity contribution in [3.8, 4) is 0 Å². The average molecular weight is 1040 g/mol. The Kier molecular flexibility index (Phi) is 14.6. The number of hydrogen-bond acceptors (Lipinski definition) is 11. The van der Waals surface area contributed by atoms with E-state index in [-0.39, 0.29) is 67.1 Å². The first kappa shape index (κ1) is 50.5. The predicted molar refractivity (Wildman–Crippen MR) is 283 cm³/mol. The lowest BCUT2D eigenvalue weighted by Crippen LogP contribution is -3.00. The quantitative estimate of drug-likeness (QED) is 0.185. The van der Waals surface area contributed by atoms with Crippen LogP contribution in [-0.2, 0) is 19.2 Å².